The number of furan rings is 1. The highest BCUT2D eigenvalue weighted by atomic mass is 79.9. The summed E-state index contributed by atoms with van der Waals surface area (Å²) in [6.45, 7) is 1.92. The largest absolute Gasteiger partial charge is 0.444 e. The molecule has 8 nitrogen and oxygen atoms in total. The summed E-state index contributed by atoms with van der Waals surface area (Å²) in [5.74, 6) is -1.24. The number of amides is 2. The Morgan fingerprint density at radius 2 is 1.83 bits per heavy atom. The smallest absolute Gasteiger partial charge is 0.291 e. The monoisotopic (exact) mass is 469 g/mol. The molecule has 0 aliphatic rings. The minimum Gasteiger partial charge on any atom is -0.444 e. The number of carbonyl (C=O) groups is 2. The molecule has 0 saturated carbocycles. The first-order chi connectivity index (χ1) is 14.3. The molecule has 0 saturated heterocycles. The molecule has 0 bridgehead atoms. The van der Waals surface area contributed by atoms with Crippen LogP contribution in [0.25, 0.3) is 6.08 Å². The molecule has 2 aromatic carbocycles. The molecule has 2 N–H and O–H groups in total. The van der Waals surface area contributed by atoms with Crippen LogP contribution in [0.1, 0.15) is 21.7 Å². The van der Waals surface area contributed by atoms with Crippen molar-refractivity contribution >= 4 is 45.2 Å². The molecule has 0 radical (unpaired) electrons. The van der Waals surface area contributed by atoms with Gasteiger partial charge in [-0.1, -0.05) is 29.8 Å². The number of nitro groups is 1. The summed E-state index contributed by atoms with van der Waals surface area (Å²) in [4.78, 5) is 35.8. The average Bonchev–Trinajstić information content (AvgIpc) is 3.16. The Bertz CT molecular complexity index is 1140. The van der Waals surface area contributed by atoms with E-state index in [0.717, 1.165) is 5.56 Å². The Balaban J connectivity index is 1.91. The van der Waals surface area contributed by atoms with Gasteiger partial charge in [0, 0.05) is 17.8 Å². The van der Waals surface area contributed by atoms with Gasteiger partial charge in [-0.15, -0.1) is 0 Å². The Hall–Kier alpha value is -3.72. The van der Waals surface area contributed by atoms with Gasteiger partial charge in [-0.3, -0.25) is 19.7 Å². The zero-order chi connectivity index (χ0) is 21.7. The molecule has 0 spiro atoms. The normalized spacial score (nSPS) is 11.1. The number of carbonyl (C=O) groups excluding carboxylic acids is 2. The number of nitrogens with zero attached hydrogens (tertiary/aromatic N) is 1. The van der Waals surface area contributed by atoms with Gasteiger partial charge in [0.15, 0.2) is 10.4 Å². The number of benzene rings is 2. The van der Waals surface area contributed by atoms with E-state index in [4.69, 9.17) is 4.42 Å². The second kappa shape index (κ2) is 9.19. The van der Waals surface area contributed by atoms with E-state index in [-0.39, 0.29) is 17.1 Å². The molecule has 1 aromatic heterocycles. The molecule has 3 rings (SSSR count). The molecule has 0 unspecified atom stereocenters. The average molecular weight is 470 g/mol. The van der Waals surface area contributed by atoms with Gasteiger partial charge in [0.2, 0.25) is 0 Å². The summed E-state index contributed by atoms with van der Waals surface area (Å²) in [6, 6.07) is 15.8. The first kappa shape index (κ1) is 21.0. The van der Waals surface area contributed by atoms with Crippen LogP contribution in [0.15, 0.2) is 75.4 Å². The summed E-state index contributed by atoms with van der Waals surface area (Å²) in [6.07, 6.45) is 1.35. The highest BCUT2D eigenvalue weighted by Crippen LogP contribution is 2.18. The van der Waals surface area contributed by atoms with E-state index in [1.807, 2.05) is 19.1 Å². The Kier molecular flexibility index (Phi) is 6.43. The number of halogens is 1. The first-order valence-corrected chi connectivity index (χ1v) is 9.52. The molecule has 0 atom stereocenters. The van der Waals surface area contributed by atoms with Crippen molar-refractivity contribution in [1.29, 1.82) is 0 Å². The molecule has 2 amide bonds. The number of hydrogen-bond acceptors (Lipinski definition) is 5. The molecule has 30 heavy (non-hydrogen) atoms. The number of nitrogens with one attached hydrogen (secondary N) is 2. The van der Waals surface area contributed by atoms with Crippen LogP contribution in [-0.4, -0.2) is 16.7 Å². The maximum absolute atomic E-state index is 12.8. The molecule has 3 aromatic rings. The van der Waals surface area contributed by atoms with Crippen LogP contribution >= 0.6 is 15.9 Å². The molecule has 0 aliphatic carbocycles. The zero-order valence-electron chi connectivity index (χ0n) is 15.7. The third-order valence-electron chi connectivity index (χ3n) is 3.99. The van der Waals surface area contributed by atoms with Crippen LogP contribution < -0.4 is 10.6 Å². The van der Waals surface area contributed by atoms with Crippen LogP contribution in [0.5, 0.6) is 0 Å². The van der Waals surface area contributed by atoms with E-state index in [1.165, 1.54) is 30.3 Å². The van der Waals surface area contributed by atoms with E-state index < -0.39 is 16.7 Å². The van der Waals surface area contributed by atoms with Crippen molar-refractivity contribution in [3.05, 3.63) is 98.0 Å². The number of anilines is 1. The third kappa shape index (κ3) is 5.42. The van der Waals surface area contributed by atoms with Gasteiger partial charge in [0.05, 0.1) is 4.92 Å². The highest BCUT2D eigenvalue weighted by molar-refractivity contribution is 9.10. The van der Waals surface area contributed by atoms with E-state index in [1.54, 1.807) is 24.3 Å². The van der Waals surface area contributed by atoms with Gasteiger partial charge in [-0.2, -0.15) is 0 Å². The predicted molar refractivity (Wildman–Crippen MR) is 115 cm³/mol. The van der Waals surface area contributed by atoms with Crippen molar-refractivity contribution in [2.75, 3.05) is 5.32 Å². The van der Waals surface area contributed by atoms with Gasteiger partial charge in [-0.05, 0) is 58.8 Å². The summed E-state index contributed by atoms with van der Waals surface area (Å²) in [5.41, 5.74) is 1.69. The van der Waals surface area contributed by atoms with Gasteiger partial charge >= 0.3 is 0 Å². The molecule has 0 aliphatic heterocycles. The van der Waals surface area contributed by atoms with E-state index in [9.17, 15) is 19.7 Å². The number of hydrogen-bond donors (Lipinski definition) is 2. The van der Waals surface area contributed by atoms with E-state index in [0.29, 0.717) is 15.9 Å². The fourth-order valence-corrected chi connectivity index (χ4v) is 2.82. The van der Waals surface area contributed by atoms with Crippen molar-refractivity contribution in [3.8, 4) is 0 Å². The Labute approximate surface area is 179 Å². The van der Waals surface area contributed by atoms with Crippen molar-refractivity contribution < 1.29 is 18.9 Å². The fourth-order valence-electron chi connectivity index (χ4n) is 2.51. The van der Waals surface area contributed by atoms with Gasteiger partial charge in [-0.25, -0.2) is 0 Å². The van der Waals surface area contributed by atoms with Gasteiger partial charge in [0.1, 0.15) is 5.70 Å². The number of rotatable bonds is 6. The standard InChI is InChI=1S/C21H16BrN3O5/c1-13-5-7-15(8-6-13)23-20(26)17(24-21(27)18-9-10-19(22)30-18)12-14-3-2-4-16(11-14)25(28)29/h2-12H,1H3,(H,23,26)(H,24,27)/b17-12+. The number of non-ortho nitro benzene ring substituents is 1. The SMILES string of the molecule is Cc1ccc(NC(=O)/C(=C\c2cccc([N+](=O)[O-])c2)NC(=O)c2ccc(Br)o2)cc1. The lowest BCUT2D eigenvalue weighted by atomic mass is 10.1. The summed E-state index contributed by atoms with van der Waals surface area (Å²) in [5, 5.41) is 16.2. The molecule has 0 fully saturated rings. The number of aryl methyl sites for hydroxylation is 1. The lowest BCUT2D eigenvalue weighted by Crippen LogP contribution is -2.30. The molecular formula is C21H16BrN3O5. The lowest BCUT2D eigenvalue weighted by Gasteiger charge is -2.11. The van der Waals surface area contributed by atoms with Crippen molar-refractivity contribution in [2.45, 2.75) is 6.92 Å². The first-order valence-electron chi connectivity index (χ1n) is 8.73. The zero-order valence-corrected chi connectivity index (χ0v) is 17.3. The van der Waals surface area contributed by atoms with Gasteiger partial charge < -0.3 is 15.1 Å². The Morgan fingerprint density at radius 3 is 2.47 bits per heavy atom. The van der Waals surface area contributed by atoms with Crippen molar-refractivity contribution in [2.24, 2.45) is 0 Å². The quantitative estimate of drug-likeness (QED) is 0.309. The Morgan fingerprint density at radius 1 is 1.10 bits per heavy atom. The van der Waals surface area contributed by atoms with Crippen LogP contribution in [-0.2, 0) is 4.79 Å². The number of nitro benzene ring substituents is 1. The third-order valence-corrected chi connectivity index (χ3v) is 4.42. The van der Waals surface area contributed by atoms with Crippen LogP contribution in [0.3, 0.4) is 0 Å². The minimum atomic E-state index is -0.642. The molecule has 1 heterocycles. The second-order valence-corrected chi connectivity index (χ2v) is 7.07. The summed E-state index contributed by atoms with van der Waals surface area (Å²) >= 11 is 3.12. The van der Waals surface area contributed by atoms with Crippen LogP contribution in [0, 0.1) is 17.0 Å². The maximum atomic E-state index is 12.8. The summed E-state index contributed by atoms with van der Waals surface area (Å²) < 4.78 is 5.58. The molecular weight excluding hydrogens is 454 g/mol. The topological polar surface area (TPSA) is 114 Å². The van der Waals surface area contributed by atoms with Crippen LogP contribution in [0.4, 0.5) is 11.4 Å². The second-order valence-electron chi connectivity index (χ2n) is 6.29. The van der Waals surface area contributed by atoms with Crippen molar-refractivity contribution in [3.63, 3.8) is 0 Å². The van der Waals surface area contributed by atoms with Crippen LogP contribution in [0.2, 0.25) is 0 Å². The minimum absolute atomic E-state index is 0.00467. The van der Waals surface area contributed by atoms with E-state index in [2.05, 4.69) is 26.6 Å². The summed E-state index contributed by atoms with van der Waals surface area (Å²) in [7, 11) is 0. The highest BCUT2D eigenvalue weighted by Gasteiger charge is 2.18. The maximum Gasteiger partial charge on any atom is 0.291 e. The van der Waals surface area contributed by atoms with Crippen molar-refractivity contribution in [1.82, 2.24) is 5.32 Å². The molecule has 152 valence electrons. The van der Waals surface area contributed by atoms with E-state index >= 15 is 0 Å². The predicted octanol–water partition coefficient (Wildman–Crippen LogP) is 4.67. The van der Waals surface area contributed by atoms with Gasteiger partial charge in [0.25, 0.3) is 17.5 Å². The lowest BCUT2D eigenvalue weighted by molar-refractivity contribution is -0.384. The molecule has 9 heteroatoms. The fraction of sp³-hybridized carbons (Fsp3) is 0.0476.